The molecule has 1 unspecified atom stereocenters. The number of aromatic nitrogens is 2. The number of aryl methyl sites for hydroxylation is 2. The van der Waals surface area contributed by atoms with E-state index < -0.39 is 0 Å². The molecule has 5 heteroatoms. The fourth-order valence-corrected chi connectivity index (χ4v) is 4.12. The number of ketones is 1. The van der Waals surface area contributed by atoms with E-state index in [2.05, 4.69) is 31.3 Å². The van der Waals surface area contributed by atoms with Crippen LogP contribution in [0.4, 0.5) is 11.5 Å². The van der Waals surface area contributed by atoms with Crippen LogP contribution in [0.2, 0.25) is 0 Å². The Morgan fingerprint density at radius 3 is 2.57 bits per heavy atom. The van der Waals surface area contributed by atoms with Gasteiger partial charge in [0.2, 0.25) is 0 Å². The zero-order valence-electron chi connectivity index (χ0n) is 17.1. The first kappa shape index (κ1) is 18.4. The van der Waals surface area contributed by atoms with Crippen molar-refractivity contribution in [2.24, 2.45) is 0 Å². The summed E-state index contributed by atoms with van der Waals surface area (Å²) in [5.41, 5.74) is 5.90. The fraction of sp³-hybridized carbons (Fsp3) is 0.200. The summed E-state index contributed by atoms with van der Waals surface area (Å²) in [5, 5.41) is 8.22. The summed E-state index contributed by atoms with van der Waals surface area (Å²) >= 11 is 0. The fourth-order valence-electron chi connectivity index (χ4n) is 4.12. The van der Waals surface area contributed by atoms with Crippen molar-refractivity contribution in [1.29, 1.82) is 0 Å². The molecule has 0 fully saturated rings. The summed E-state index contributed by atoms with van der Waals surface area (Å²) in [5.74, 6) is 1.57. The number of Topliss-reactive ketones (excluding diaryl/α,β-unsaturated/α-hetero) is 1. The van der Waals surface area contributed by atoms with Crippen LogP contribution in [-0.2, 0) is 6.42 Å². The summed E-state index contributed by atoms with van der Waals surface area (Å²) < 4.78 is 7.51. The van der Waals surface area contributed by atoms with Gasteiger partial charge in [0.1, 0.15) is 5.76 Å². The summed E-state index contributed by atoms with van der Waals surface area (Å²) in [6.07, 6.45) is 2.78. The molecule has 0 aliphatic heterocycles. The zero-order chi connectivity index (χ0) is 20.7. The van der Waals surface area contributed by atoms with Gasteiger partial charge < -0.3 is 9.73 Å². The maximum absolute atomic E-state index is 13.2. The number of hydrogen-bond donors (Lipinski definition) is 1. The maximum atomic E-state index is 13.2. The van der Waals surface area contributed by atoms with Crippen LogP contribution >= 0.6 is 0 Å². The summed E-state index contributed by atoms with van der Waals surface area (Å²) in [4.78, 5) is 13.2. The number of furan rings is 1. The molecule has 1 aliphatic rings. The van der Waals surface area contributed by atoms with Crippen LogP contribution < -0.4 is 5.32 Å². The van der Waals surface area contributed by atoms with Gasteiger partial charge in [0.05, 0.1) is 23.2 Å². The Morgan fingerprint density at radius 1 is 1.00 bits per heavy atom. The molecule has 0 saturated heterocycles. The van der Waals surface area contributed by atoms with E-state index in [1.165, 1.54) is 11.1 Å². The number of nitrogens with zero attached hydrogens (tertiary/aromatic N) is 2. The molecule has 1 N–H and O–H groups in total. The second-order valence-corrected chi connectivity index (χ2v) is 7.89. The van der Waals surface area contributed by atoms with Gasteiger partial charge in [-0.15, -0.1) is 5.10 Å². The number of para-hydroxylation sites is 1. The van der Waals surface area contributed by atoms with E-state index in [1.807, 2.05) is 53.2 Å². The molecule has 30 heavy (non-hydrogen) atoms. The lowest BCUT2D eigenvalue weighted by molar-refractivity contribution is 0.0960. The smallest absolute Gasteiger partial charge is 0.169 e. The molecule has 0 spiro atoms. The number of nitrogens with one attached hydrogen (secondary N) is 1. The van der Waals surface area contributed by atoms with Gasteiger partial charge in [0.15, 0.2) is 11.6 Å². The Kier molecular flexibility index (Phi) is 4.51. The third kappa shape index (κ3) is 3.22. The number of anilines is 2. The molecule has 5 nitrogen and oxygen atoms in total. The summed E-state index contributed by atoms with van der Waals surface area (Å²) in [6.45, 7) is 4.17. The first-order chi connectivity index (χ1) is 14.6. The van der Waals surface area contributed by atoms with E-state index in [1.54, 1.807) is 6.26 Å². The Morgan fingerprint density at radius 2 is 1.83 bits per heavy atom. The van der Waals surface area contributed by atoms with Crippen molar-refractivity contribution in [3.05, 3.63) is 95.1 Å². The van der Waals surface area contributed by atoms with E-state index in [4.69, 9.17) is 9.52 Å². The standard InChI is InChI=1S/C25H23N3O2/c1-16-10-11-19(13-17(16)2)26-25-24-21(28(27-25)20-7-4-3-5-8-20)14-18(15-22(24)29)23-9-6-12-30-23/h3-13,18H,14-15H2,1-2H3,(H,26,27). The van der Waals surface area contributed by atoms with E-state index in [9.17, 15) is 4.79 Å². The van der Waals surface area contributed by atoms with Gasteiger partial charge in [-0.3, -0.25) is 4.79 Å². The molecular formula is C25H23N3O2. The minimum atomic E-state index is 0.0219. The molecule has 1 aliphatic carbocycles. The second kappa shape index (κ2) is 7.34. The molecule has 0 amide bonds. The highest BCUT2D eigenvalue weighted by Crippen LogP contribution is 2.38. The molecule has 0 saturated carbocycles. The number of carbonyl (C=O) groups excluding carboxylic acids is 1. The molecule has 2 heterocycles. The molecule has 2 aromatic carbocycles. The van der Waals surface area contributed by atoms with Crippen LogP contribution in [0.1, 0.15) is 45.3 Å². The van der Waals surface area contributed by atoms with Crippen molar-refractivity contribution < 1.29 is 9.21 Å². The molecular weight excluding hydrogens is 374 g/mol. The van der Waals surface area contributed by atoms with Crippen molar-refractivity contribution in [3.63, 3.8) is 0 Å². The molecule has 150 valence electrons. The second-order valence-electron chi connectivity index (χ2n) is 7.89. The van der Waals surface area contributed by atoms with Gasteiger partial charge in [0, 0.05) is 24.4 Å². The van der Waals surface area contributed by atoms with Gasteiger partial charge in [-0.25, -0.2) is 4.68 Å². The predicted molar refractivity (Wildman–Crippen MR) is 117 cm³/mol. The predicted octanol–water partition coefficient (Wildman–Crippen LogP) is 5.74. The lowest BCUT2D eigenvalue weighted by atomic mass is 9.85. The minimum absolute atomic E-state index is 0.0219. The van der Waals surface area contributed by atoms with E-state index >= 15 is 0 Å². The molecule has 2 aromatic heterocycles. The van der Waals surface area contributed by atoms with E-state index in [0.717, 1.165) is 22.8 Å². The van der Waals surface area contributed by atoms with Crippen LogP contribution in [0.25, 0.3) is 5.69 Å². The Labute approximate surface area is 175 Å². The first-order valence-electron chi connectivity index (χ1n) is 10.2. The van der Waals surface area contributed by atoms with Crippen LogP contribution in [0, 0.1) is 13.8 Å². The number of hydrogen-bond acceptors (Lipinski definition) is 4. The number of fused-ring (bicyclic) bond motifs is 1. The number of benzene rings is 2. The number of carbonyl (C=O) groups is 1. The lowest BCUT2D eigenvalue weighted by Crippen LogP contribution is -2.20. The van der Waals surface area contributed by atoms with Crippen molar-refractivity contribution in [2.45, 2.75) is 32.6 Å². The number of rotatable bonds is 4. The van der Waals surface area contributed by atoms with Crippen LogP contribution in [0.5, 0.6) is 0 Å². The van der Waals surface area contributed by atoms with Gasteiger partial charge in [-0.1, -0.05) is 24.3 Å². The largest absolute Gasteiger partial charge is 0.469 e. The quantitative estimate of drug-likeness (QED) is 0.477. The first-order valence-corrected chi connectivity index (χ1v) is 10.2. The summed E-state index contributed by atoms with van der Waals surface area (Å²) in [6, 6.07) is 20.0. The highest BCUT2D eigenvalue weighted by Gasteiger charge is 2.34. The van der Waals surface area contributed by atoms with Gasteiger partial charge >= 0.3 is 0 Å². The van der Waals surface area contributed by atoms with Crippen molar-refractivity contribution in [2.75, 3.05) is 5.32 Å². The average molecular weight is 397 g/mol. The Hall–Kier alpha value is -3.60. The zero-order valence-corrected chi connectivity index (χ0v) is 17.1. The van der Waals surface area contributed by atoms with Gasteiger partial charge in [0.25, 0.3) is 0 Å². The van der Waals surface area contributed by atoms with Gasteiger partial charge in [-0.05, 0) is 61.4 Å². The normalized spacial score (nSPS) is 15.8. The Balaban J connectivity index is 1.61. The minimum Gasteiger partial charge on any atom is -0.469 e. The third-order valence-corrected chi connectivity index (χ3v) is 5.85. The highest BCUT2D eigenvalue weighted by molar-refractivity contribution is 6.03. The van der Waals surface area contributed by atoms with Crippen LogP contribution in [0.15, 0.2) is 71.3 Å². The van der Waals surface area contributed by atoms with Gasteiger partial charge in [-0.2, -0.15) is 0 Å². The molecule has 4 aromatic rings. The third-order valence-electron chi connectivity index (χ3n) is 5.85. The topological polar surface area (TPSA) is 60.1 Å². The van der Waals surface area contributed by atoms with Crippen LogP contribution in [-0.4, -0.2) is 15.6 Å². The monoisotopic (exact) mass is 397 g/mol. The van der Waals surface area contributed by atoms with E-state index in [-0.39, 0.29) is 11.7 Å². The molecule has 5 rings (SSSR count). The van der Waals surface area contributed by atoms with Crippen molar-refractivity contribution in [1.82, 2.24) is 9.78 Å². The van der Waals surface area contributed by atoms with E-state index in [0.29, 0.717) is 24.2 Å². The molecule has 1 atom stereocenters. The van der Waals surface area contributed by atoms with Crippen molar-refractivity contribution >= 4 is 17.3 Å². The molecule has 0 bridgehead atoms. The maximum Gasteiger partial charge on any atom is 0.169 e. The van der Waals surface area contributed by atoms with Crippen LogP contribution in [0.3, 0.4) is 0 Å². The van der Waals surface area contributed by atoms with Crippen molar-refractivity contribution in [3.8, 4) is 5.69 Å². The highest BCUT2D eigenvalue weighted by atomic mass is 16.3. The average Bonchev–Trinajstić information content (AvgIpc) is 3.40. The lowest BCUT2D eigenvalue weighted by Gasteiger charge is -2.21. The molecule has 0 radical (unpaired) electrons. The SMILES string of the molecule is Cc1ccc(Nc2nn(-c3ccccc3)c3c2C(=O)CC(c2ccco2)C3)cc1C. The Bertz CT molecular complexity index is 1210. The summed E-state index contributed by atoms with van der Waals surface area (Å²) in [7, 11) is 0.